The van der Waals surface area contributed by atoms with E-state index in [-0.39, 0.29) is 12.0 Å². The molecule has 1 aromatic rings. The molecule has 1 saturated heterocycles. The van der Waals surface area contributed by atoms with Crippen molar-refractivity contribution in [1.82, 2.24) is 0 Å². The zero-order valence-electron chi connectivity index (χ0n) is 10.3. The summed E-state index contributed by atoms with van der Waals surface area (Å²) in [6, 6.07) is 5.72. The number of piperidine rings is 1. The first-order valence-electron chi connectivity index (χ1n) is 6.01. The molecule has 0 bridgehead atoms. The lowest BCUT2D eigenvalue weighted by Crippen LogP contribution is -2.41. The molecule has 0 spiro atoms. The topological polar surface area (TPSA) is 49.5 Å². The standard InChI is InChI=1S/C13H17ClN2OS/c1-8-7-16(5-4-12(8)17)9-2-3-10(13(15)18)11(14)6-9/h2-3,6,8,12,17H,4-5,7H2,1H3,(H2,15,18). The number of anilines is 1. The molecule has 3 nitrogen and oxygen atoms in total. The lowest BCUT2D eigenvalue weighted by Gasteiger charge is -2.36. The van der Waals surface area contributed by atoms with Gasteiger partial charge in [-0.15, -0.1) is 0 Å². The molecular formula is C13H17ClN2OS. The van der Waals surface area contributed by atoms with Gasteiger partial charge in [0.1, 0.15) is 4.99 Å². The summed E-state index contributed by atoms with van der Waals surface area (Å²) in [5.74, 6) is 0.271. The van der Waals surface area contributed by atoms with Crippen molar-refractivity contribution in [3.63, 3.8) is 0 Å². The number of hydrogen-bond donors (Lipinski definition) is 2. The predicted molar refractivity (Wildman–Crippen MR) is 79.3 cm³/mol. The minimum Gasteiger partial charge on any atom is -0.393 e. The van der Waals surface area contributed by atoms with Gasteiger partial charge in [-0.25, -0.2) is 0 Å². The molecular weight excluding hydrogens is 268 g/mol. The van der Waals surface area contributed by atoms with Crippen LogP contribution in [0.4, 0.5) is 5.69 Å². The number of halogens is 1. The highest BCUT2D eigenvalue weighted by molar-refractivity contribution is 7.80. The molecule has 1 heterocycles. The van der Waals surface area contributed by atoms with Crippen LogP contribution >= 0.6 is 23.8 Å². The molecule has 1 aliphatic rings. The summed E-state index contributed by atoms with van der Waals surface area (Å²) in [5, 5.41) is 10.3. The van der Waals surface area contributed by atoms with Crippen molar-refractivity contribution in [2.75, 3.05) is 18.0 Å². The maximum absolute atomic E-state index is 9.73. The minimum atomic E-state index is -0.201. The average molecular weight is 285 g/mol. The summed E-state index contributed by atoms with van der Waals surface area (Å²) < 4.78 is 0. The Morgan fingerprint density at radius 1 is 1.56 bits per heavy atom. The molecule has 2 atom stereocenters. The monoisotopic (exact) mass is 284 g/mol. The number of rotatable bonds is 2. The molecule has 98 valence electrons. The van der Waals surface area contributed by atoms with Crippen LogP contribution < -0.4 is 10.6 Å². The second-order valence-corrected chi connectivity index (χ2v) is 5.65. The Morgan fingerprint density at radius 3 is 2.83 bits per heavy atom. The molecule has 3 N–H and O–H groups in total. The van der Waals surface area contributed by atoms with Gasteiger partial charge in [0.2, 0.25) is 0 Å². The van der Waals surface area contributed by atoms with Crippen LogP contribution in [0.15, 0.2) is 18.2 Å². The molecule has 2 rings (SSSR count). The maximum Gasteiger partial charge on any atom is 0.105 e. The molecule has 0 radical (unpaired) electrons. The van der Waals surface area contributed by atoms with Crippen molar-refractivity contribution >= 4 is 34.5 Å². The number of nitrogens with two attached hydrogens (primary N) is 1. The Kier molecular flexibility index (Phi) is 4.10. The van der Waals surface area contributed by atoms with E-state index in [1.807, 2.05) is 18.2 Å². The van der Waals surface area contributed by atoms with Gasteiger partial charge in [0.15, 0.2) is 0 Å². The van der Waals surface area contributed by atoms with Crippen LogP contribution in [0.1, 0.15) is 18.9 Å². The van der Waals surface area contributed by atoms with Crippen LogP contribution in [0.5, 0.6) is 0 Å². The van der Waals surface area contributed by atoms with E-state index in [1.165, 1.54) is 0 Å². The van der Waals surface area contributed by atoms with Gasteiger partial charge in [-0.1, -0.05) is 30.7 Å². The van der Waals surface area contributed by atoms with Crippen molar-refractivity contribution in [3.05, 3.63) is 28.8 Å². The highest BCUT2D eigenvalue weighted by Gasteiger charge is 2.24. The molecule has 1 fully saturated rings. The SMILES string of the molecule is CC1CN(c2ccc(C(N)=S)c(Cl)c2)CCC1O. The zero-order chi connectivity index (χ0) is 13.3. The average Bonchev–Trinajstić information content (AvgIpc) is 2.32. The summed E-state index contributed by atoms with van der Waals surface area (Å²) in [5.41, 5.74) is 7.35. The van der Waals surface area contributed by atoms with Crippen LogP contribution in [0.2, 0.25) is 5.02 Å². The summed E-state index contributed by atoms with van der Waals surface area (Å²) in [4.78, 5) is 2.54. The van der Waals surface area contributed by atoms with E-state index in [0.717, 1.165) is 25.2 Å². The normalized spacial score (nSPS) is 24.1. The van der Waals surface area contributed by atoms with Crippen molar-refractivity contribution in [3.8, 4) is 0 Å². The number of benzene rings is 1. The van der Waals surface area contributed by atoms with Gasteiger partial charge in [0.25, 0.3) is 0 Å². The van der Waals surface area contributed by atoms with Gasteiger partial charge in [-0.05, 0) is 30.5 Å². The fraction of sp³-hybridized carbons (Fsp3) is 0.462. The van der Waals surface area contributed by atoms with E-state index in [9.17, 15) is 5.11 Å². The Bertz CT molecular complexity index is 466. The van der Waals surface area contributed by atoms with Crippen LogP contribution in [0.25, 0.3) is 0 Å². The van der Waals surface area contributed by atoms with Crippen LogP contribution in [0, 0.1) is 5.92 Å². The Balaban J connectivity index is 2.19. The third-order valence-electron chi connectivity index (χ3n) is 3.44. The maximum atomic E-state index is 9.73. The van der Waals surface area contributed by atoms with E-state index in [0.29, 0.717) is 15.6 Å². The molecule has 1 aliphatic heterocycles. The number of thiocarbonyl (C=S) groups is 1. The zero-order valence-corrected chi connectivity index (χ0v) is 11.8. The lowest BCUT2D eigenvalue weighted by atomic mass is 9.96. The van der Waals surface area contributed by atoms with Gasteiger partial charge >= 0.3 is 0 Å². The number of aliphatic hydroxyl groups is 1. The first-order valence-corrected chi connectivity index (χ1v) is 6.80. The van der Waals surface area contributed by atoms with Crippen LogP contribution in [0.3, 0.4) is 0 Å². The van der Waals surface area contributed by atoms with E-state index in [2.05, 4.69) is 11.8 Å². The van der Waals surface area contributed by atoms with E-state index in [1.54, 1.807) is 0 Å². The van der Waals surface area contributed by atoms with Crippen LogP contribution in [-0.4, -0.2) is 29.3 Å². The molecule has 0 aromatic heterocycles. The lowest BCUT2D eigenvalue weighted by molar-refractivity contribution is 0.0971. The quantitative estimate of drug-likeness (QED) is 0.818. The van der Waals surface area contributed by atoms with E-state index >= 15 is 0 Å². The Morgan fingerprint density at radius 2 is 2.28 bits per heavy atom. The largest absolute Gasteiger partial charge is 0.393 e. The molecule has 1 aromatic carbocycles. The van der Waals surface area contributed by atoms with Gasteiger partial charge in [0.05, 0.1) is 11.1 Å². The second-order valence-electron chi connectivity index (χ2n) is 4.81. The molecule has 2 unspecified atom stereocenters. The fourth-order valence-electron chi connectivity index (χ4n) is 2.27. The summed E-state index contributed by atoms with van der Waals surface area (Å²) in [6.07, 6.45) is 0.586. The summed E-state index contributed by atoms with van der Waals surface area (Å²) in [7, 11) is 0. The third kappa shape index (κ3) is 2.76. The van der Waals surface area contributed by atoms with Crippen molar-refractivity contribution in [2.24, 2.45) is 11.7 Å². The van der Waals surface area contributed by atoms with Gasteiger partial charge < -0.3 is 15.7 Å². The highest BCUT2D eigenvalue weighted by atomic mass is 35.5. The van der Waals surface area contributed by atoms with Gasteiger partial charge in [0, 0.05) is 24.3 Å². The van der Waals surface area contributed by atoms with Gasteiger partial charge in [-0.2, -0.15) is 0 Å². The summed E-state index contributed by atoms with van der Waals surface area (Å²) in [6.45, 7) is 3.74. The predicted octanol–water partition coefficient (Wildman–Crippen LogP) is 2.18. The Hall–Kier alpha value is -0.840. The summed E-state index contributed by atoms with van der Waals surface area (Å²) >= 11 is 11.1. The molecule has 0 amide bonds. The van der Waals surface area contributed by atoms with Crippen molar-refractivity contribution in [2.45, 2.75) is 19.4 Å². The van der Waals surface area contributed by atoms with E-state index < -0.39 is 0 Å². The molecule has 0 saturated carbocycles. The molecule has 5 heteroatoms. The van der Waals surface area contributed by atoms with Crippen molar-refractivity contribution in [1.29, 1.82) is 0 Å². The number of aliphatic hydroxyl groups excluding tert-OH is 1. The third-order valence-corrected chi connectivity index (χ3v) is 3.98. The number of nitrogens with zero attached hydrogens (tertiary/aromatic N) is 1. The second kappa shape index (κ2) is 5.43. The Labute approximate surface area is 118 Å². The smallest absolute Gasteiger partial charge is 0.105 e. The molecule has 0 aliphatic carbocycles. The fourth-order valence-corrected chi connectivity index (χ4v) is 2.78. The molecule has 18 heavy (non-hydrogen) atoms. The number of hydrogen-bond acceptors (Lipinski definition) is 3. The first-order chi connectivity index (χ1) is 8.49. The van der Waals surface area contributed by atoms with Crippen molar-refractivity contribution < 1.29 is 5.11 Å². The van der Waals surface area contributed by atoms with Crippen LogP contribution in [-0.2, 0) is 0 Å². The van der Waals surface area contributed by atoms with Gasteiger partial charge in [-0.3, -0.25) is 0 Å². The minimum absolute atomic E-state index is 0.201. The first kappa shape index (κ1) is 13.6. The highest BCUT2D eigenvalue weighted by Crippen LogP contribution is 2.27. The van der Waals surface area contributed by atoms with E-state index in [4.69, 9.17) is 29.6 Å².